The molecule has 164 valence electrons. The van der Waals surface area contributed by atoms with E-state index in [1.165, 1.54) is 12.1 Å². The maximum absolute atomic E-state index is 12.9. The summed E-state index contributed by atoms with van der Waals surface area (Å²) in [5.74, 6) is -4.22. The fourth-order valence-electron chi connectivity index (χ4n) is 4.22. The van der Waals surface area contributed by atoms with Gasteiger partial charge in [0.15, 0.2) is 0 Å². The van der Waals surface area contributed by atoms with Gasteiger partial charge in [0.2, 0.25) is 11.8 Å². The lowest BCUT2D eigenvalue weighted by molar-refractivity contribution is -0.192. The van der Waals surface area contributed by atoms with Crippen molar-refractivity contribution in [3.8, 4) is 0 Å². The van der Waals surface area contributed by atoms with Gasteiger partial charge in [0.1, 0.15) is 0 Å². The average Bonchev–Trinajstić information content (AvgIpc) is 2.95. The largest absolute Gasteiger partial charge is 0.490 e. The lowest BCUT2D eigenvalue weighted by atomic mass is 9.67. The number of fused-ring (bicyclic) bond motifs is 2. The van der Waals surface area contributed by atoms with Crippen LogP contribution in [0.25, 0.3) is 0 Å². The topological polar surface area (TPSA) is 86.7 Å². The van der Waals surface area contributed by atoms with Crippen molar-refractivity contribution < 1.29 is 45.8 Å². The number of piperidine rings is 2. The normalized spacial score (nSPS) is 28.1. The number of carboxylic acids is 1. The molecule has 4 fully saturated rings. The third-order valence-electron chi connectivity index (χ3n) is 5.50. The summed E-state index contributed by atoms with van der Waals surface area (Å²) in [6.07, 6.45) is -7.87. The fraction of sp³-hybridized carbons (Fsp3) is 0.500. The molecule has 5 rings (SSSR count). The molecule has 2 amide bonds. The number of carbonyl (C=O) groups is 3. The van der Waals surface area contributed by atoms with E-state index < -0.39 is 35.7 Å². The molecule has 12 heteroatoms. The summed E-state index contributed by atoms with van der Waals surface area (Å²) in [5, 5.41) is 10.4. The number of halogens is 6. The van der Waals surface area contributed by atoms with Crippen molar-refractivity contribution in [3.63, 3.8) is 0 Å². The molecule has 2 bridgehead atoms. The number of alkyl halides is 6. The zero-order valence-electron chi connectivity index (χ0n) is 15.1. The van der Waals surface area contributed by atoms with Crippen LogP contribution in [0.4, 0.5) is 32.0 Å². The van der Waals surface area contributed by atoms with E-state index in [9.17, 15) is 35.9 Å². The van der Waals surface area contributed by atoms with Gasteiger partial charge in [-0.05, 0) is 43.5 Å². The van der Waals surface area contributed by atoms with E-state index in [2.05, 4.69) is 5.32 Å². The first-order valence-corrected chi connectivity index (χ1v) is 8.91. The summed E-state index contributed by atoms with van der Waals surface area (Å²) in [6, 6.07) is 4.39. The molecule has 3 aliphatic heterocycles. The summed E-state index contributed by atoms with van der Waals surface area (Å²) in [7, 11) is 0. The van der Waals surface area contributed by atoms with Crippen LogP contribution < -0.4 is 10.2 Å². The first-order valence-electron chi connectivity index (χ1n) is 8.91. The van der Waals surface area contributed by atoms with Gasteiger partial charge < -0.3 is 10.4 Å². The summed E-state index contributed by atoms with van der Waals surface area (Å²) >= 11 is 0. The molecular formula is C18H16F6N2O4. The second-order valence-electron chi connectivity index (χ2n) is 7.27. The molecule has 3 heterocycles. The highest BCUT2D eigenvalue weighted by Crippen LogP contribution is 2.46. The zero-order valence-corrected chi connectivity index (χ0v) is 15.1. The maximum Gasteiger partial charge on any atom is 0.490 e. The van der Waals surface area contributed by atoms with Crippen LogP contribution in [0.3, 0.4) is 0 Å². The number of anilines is 1. The minimum absolute atomic E-state index is 0.0172. The highest BCUT2D eigenvalue weighted by atomic mass is 19.4. The minimum atomic E-state index is -5.08. The SMILES string of the molecule is O=C(O)C(F)(F)F.O=C1[C@@H]2C3CCC(CN3)[C@@H]2C(=O)N1c1cccc(C(F)(F)F)c1. The average molecular weight is 438 g/mol. The number of benzene rings is 1. The number of hydrogen-bond acceptors (Lipinski definition) is 4. The van der Waals surface area contributed by atoms with E-state index in [-0.39, 0.29) is 29.5 Å². The molecule has 0 aromatic heterocycles. The van der Waals surface area contributed by atoms with Crippen LogP contribution in [0.1, 0.15) is 18.4 Å². The maximum atomic E-state index is 12.9. The molecule has 2 unspecified atom stereocenters. The molecule has 4 atom stereocenters. The standard InChI is InChI=1S/C16H15F3N2O2.C2HF3O2/c17-16(18,19)9-2-1-3-10(6-9)21-14(22)12-8-4-5-11(20-7-8)13(12)15(21)23;3-2(4,5)1(6)7/h1-3,6,8,11-13,20H,4-5,7H2;(H,6,7)/t8?,11?,12-,13+;/m0./s1. The van der Waals surface area contributed by atoms with Gasteiger partial charge in [0.25, 0.3) is 0 Å². The predicted molar refractivity (Wildman–Crippen MR) is 89.1 cm³/mol. The third-order valence-corrected chi connectivity index (χ3v) is 5.50. The van der Waals surface area contributed by atoms with Crippen molar-refractivity contribution in [3.05, 3.63) is 29.8 Å². The van der Waals surface area contributed by atoms with Crippen molar-refractivity contribution in [1.82, 2.24) is 5.32 Å². The second kappa shape index (κ2) is 7.56. The number of nitrogens with zero attached hydrogens (tertiary/aromatic N) is 1. The van der Waals surface area contributed by atoms with Crippen LogP contribution in [0, 0.1) is 17.8 Å². The number of nitrogens with one attached hydrogen (secondary N) is 1. The minimum Gasteiger partial charge on any atom is -0.475 e. The molecule has 4 aliphatic rings. The van der Waals surface area contributed by atoms with Crippen LogP contribution in [-0.2, 0) is 20.6 Å². The number of rotatable bonds is 1. The van der Waals surface area contributed by atoms with Crippen LogP contribution in [0.15, 0.2) is 24.3 Å². The molecule has 2 N–H and O–H groups in total. The van der Waals surface area contributed by atoms with Crippen molar-refractivity contribution in [2.75, 3.05) is 11.4 Å². The molecule has 0 spiro atoms. The van der Waals surface area contributed by atoms with Crippen molar-refractivity contribution in [1.29, 1.82) is 0 Å². The van der Waals surface area contributed by atoms with Gasteiger partial charge in [-0.25, -0.2) is 9.69 Å². The van der Waals surface area contributed by atoms with Crippen molar-refractivity contribution in [2.45, 2.75) is 31.2 Å². The van der Waals surface area contributed by atoms with Crippen molar-refractivity contribution in [2.24, 2.45) is 17.8 Å². The molecule has 1 aromatic rings. The predicted octanol–water partition coefficient (Wildman–Crippen LogP) is 2.83. The zero-order chi connectivity index (χ0) is 22.4. The molecule has 1 saturated carbocycles. The lowest BCUT2D eigenvalue weighted by Crippen LogP contribution is -2.56. The number of aliphatic carboxylic acids is 1. The van der Waals surface area contributed by atoms with E-state index >= 15 is 0 Å². The van der Waals surface area contributed by atoms with E-state index in [1.54, 1.807) is 0 Å². The Morgan fingerprint density at radius 2 is 1.63 bits per heavy atom. The van der Waals surface area contributed by atoms with Gasteiger partial charge in [-0.3, -0.25) is 9.59 Å². The first-order chi connectivity index (χ1) is 13.8. The summed E-state index contributed by atoms with van der Waals surface area (Å²) in [5.41, 5.74) is -0.838. The lowest BCUT2D eigenvalue weighted by Gasteiger charge is -2.43. The van der Waals surface area contributed by atoms with E-state index in [1.807, 2.05) is 0 Å². The highest BCUT2D eigenvalue weighted by molar-refractivity contribution is 6.22. The third kappa shape index (κ3) is 4.00. The number of imide groups is 1. The van der Waals surface area contributed by atoms with E-state index in [0.29, 0.717) is 6.54 Å². The van der Waals surface area contributed by atoms with E-state index in [0.717, 1.165) is 29.9 Å². The molecule has 3 saturated heterocycles. The Balaban J connectivity index is 0.000000318. The van der Waals surface area contributed by atoms with Gasteiger partial charge in [-0.1, -0.05) is 6.07 Å². The number of carboxylic acid groups (broad SMARTS) is 1. The fourth-order valence-corrected chi connectivity index (χ4v) is 4.22. The molecule has 30 heavy (non-hydrogen) atoms. The molecule has 6 nitrogen and oxygen atoms in total. The Hall–Kier alpha value is -2.63. The first kappa shape index (κ1) is 22.1. The Morgan fingerprint density at radius 3 is 2.10 bits per heavy atom. The Kier molecular flexibility index (Phi) is 5.56. The Bertz CT molecular complexity index is 831. The van der Waals surface area contributed by atoms with Crippen molar-refractivity contribution >= 4 is 23.5 Å². The van der Waals surface area contributed by atoms with Gasteiger partial charge >= 0.3 is 18.3 Å². The smallest absolute Gasteiger partial charge is 0.475 e. The van der Waals surface area contributed by atoms with Crippen LogP contribution >= 0.6 is 0 Å². The number of amides is 2. The quantitative estimate of drug-likeness (QED) is 0.520. The van der Waals surface area contributed by atoms with Crippen LogP contribution in [-0.4, -0.2) is 41.7 Å². The summed E-state index contributed by atoms with van der Waals surface area (Å²) in [6.45, 7) is 0.696. The molecular weight excluding hydrogens is 422 g/mol. The van der Waals surface area contributed by atoms with Crippen LogP contribution in [0.5, 0.6) is 0 Å². The molecule has 1 aliphatic carbocycles. The summed E-state index contributed by atoms with van der Waals surface area (Å²) in [4.78, 5) is 35.2. The van der Waals surface area contributed by atoms with Crippen LogP contribution in [0.2, 0.25) is 0 Å². The van der Waals surface area contributed by atoms with E-state index in [4.69, 9.17) is 9.90 Å². The monoisotopic (exact) mass is 438 g/mol. The number of hydrogen-bond donors (Lipinski definition) is 2. The Morgan fingerprint density at radius 1 is 1.03 bits per heavy atom. The second-order valence-corrected chi connectivity index (χ2v) is 7.27. The van der Waals surface area contributed by atoms with Gasteiger partial charge in [-0.15, -0.1) is 0 Å². The number of carbonyl (C=O) groups excluding carboxylic acids is 2. The Labute approximate surface area is 165 Å². The van der Waals surface area contributed by atoms with Gasteiger partial charge in [-0.2, -0.15) is 26.3 Å². The highest BCUT2D eigenvalue weighted by Gasteiger charge is 2.58. The molecule has 0 radical (unpaired) electrons. The van der Waals surface area contributed by atoms with Gasteiger partial charge in [0, 0.05) is 6.04 Å². The molecule has 1 aromatic carbocycles. The summed E-state index contributed by atoms with van der Waals surface area (Å²) < 4.78 is 70.4. The van der Waals surface area contributed by atoms with Gasteiger partial charge in [0.05, 0.1) is 23.1 Å².